The molecule has 1 fully saturated rings. The second kappa shape index (κ2) is 10.9. The monoisotopic (exact) mass is 517 g/mol. The SMILES string of the molecule is CNC(=O)n1ccc2cc(Oc3ccnc(NC(=O)c4ccc(C5CCNCC5F)cc4)c3)c(OC)cc21. The van der Waals surface area contributed by atoms with Gasteiger partial charge in [-0.3, -0.25) is 9.36 Å². The van der Waals surface area contributed by atoms with Crippen LogP contribution in [0.1, 0.15) is 28.3 Å². The summed E-state index contributed by atoms with van der Waals surface area (Å²) in [5, 5.41) is 9.22. The summed E-state index contributed by atoms with van der Waals surface area (Å²) in [6.45, 7) is 1.12. The van der Waals surface area contributed by atoms with Gasteiger partial charge < -0.3 is 25.4 Å². The third-order valence-corrected chi connectivity index (χ3v) is 6.62. The smallest absolute Gasteiger partial charge is 0.325 e. The molecule has 1 aliphatic rings. The minimum Gasteiger partial charge on any atom is -0.493 e. The van der Waals surface area contributed by atoms with Crippen LogP contribution in [0.3, 0.4) is 0 Å². The third-order valence-electron chi connectivity index (χ3n) is 6.62. The lowest BCUT2D eigenvalue weighted by Gasteiger charge is -2.27. The highest BCUT2D eigenvalue weighted by molar-refractivity contribution is 6.03. The molecule has 38 heavy (non-hydrogen) atoms. The van der Waals surface area contributed by atoms with Gasteiger partial charge in [0.25, 0.3) is 5.91 Å². The van der Waals surface area contributed by atoms with E-state index in [1.54, 1.807) is 55.7 Å². The van der Waals surface area contributed by atoms with E-state index >= 15 is 0 Å². The molecule has 4 aromatic rings. The fourth-order valence-corrected chi connectivity index (χ4v) is 4.62. The largest absolute Gasteiger partial charge is 0.493 e. The van der Waals surface area contributed by atoms with Crippen molar-refractivity contribution in [3.8, 4) is 17.2 Å². The van der Waals surface area contributed by atoms with Crippen molar-refractivity contribution in [2.24, 2.45) is 0 Å². The number of halogens is 1. The first-order chi connectivity index (χ1) is 18.5. The van der Waals surface area contributed by atoms with Gasteiger partial charge in [-0.05, 0) is 48.9 Å². The van der Waals surface area contributed by atoms with Crippen LogP contribution in [-0.2, 0) is 0 Å². The Morgan fingerprint density at radius 1 is 1.11 bits per heavy atom. The fourth-order valence-electron chi connectivity index (χ4n) is 4.62. The van der Waals surface area contributed by atoms with E-state index in [1.807, 2.05) is 12.1 Å². The number of aromatic nitrogens is 2. The summed E-state index contributed by atoms with van der Waals surface area (Å²) in [5.74, 6) is 1.13. The molecule has 0 bridgehead atoms. The molecule has 196 valence electrons. The highest BCUT2D eigenvalue weighted by atomic mass is 19.1. The molecule has 1 aliphatic heterocycles. The van der Waals surface area contributed by atoms with Crippen molar-refractivity contribution in [2.75, 3.05) is 32.6 Å². The number of pyridine rings is 1. The Kier molecular flexibility index (Phi) is 7.23. The van der Waals surface area contributed by atoms with Crippen molar-refractivity contribution in [1.29, 1.82) is 0 Å². The number of nitrogens with zero attached hydrogens (tertiary/aromatic N) is 2. The van der Waals surface area contributed by atoms with E-state index in [0.29, 0.717) is 40.7 Å². The van der Waals surface area contributed by atoms with Gasteiger partial charge in [-0.25, -0.2) is 14.2 Å². The summed E-state index contributed by atoms with van der Waals surface area (Å²) < 4.78 is 27.3. The van der Waals surface area contributed by atoms with Gasteiger partial charge in [0.1, 0.15) is 17.7 Å². The summed E-state index contributed by atoms with van der Waals surface area (Å²) in [7, 11) is 3.08. The number of ether oxygens (including phenoxy) is 2. The number of hydrogen-bond donors (Lipinski definition) is 3. The van der Waals surface area contributed by atoms with Crippen LogP contribution in [0.25, 0.3) is 10.9 Å². The molecular formula is C28H28FN5O4. The van der Waals surface area contributed by atoms with Crippen LogP contribution in [0.5, 0.6) is 17.2 Å². The first-order valence-corrected chi connectivity index (χ1v) is 12.3. The average molecular weight is 518 g/mol. The maximum atomic E-state index is 14.3. The molecule has 1 saturated heterocycles. The minimum absolute atomic E-state index is 0.164. The van der Waals surface area contributed by atoms with E-state index in [4.69, 9.17) is 9.47 Å². The van der Waals surface area contributed by atoms with Gasteiger partial charge >= 0.3 is 6.03 Å². The van der Waals surface area contributed by atoms with Crippen molar-refractivity contribution in [3.63, 3.8) is 0 Å². The molecule has 2 atom stereocenters. The lowest BCUT2D eigenvalue weighted by molar-refractivity contribution is 0.102. The molecule has 0 radical (unpaired) electrons. The molecule has 0 aliphatic carbocycles. The Labute approximate surface area is 219 Å². The standard InChI is InChI=1S/C28H28FN5O4/c1-30-28(36)34-12-9-19-13-25(24(37-2)15-23(19)34)38-20-7-11-32-26(14-20)33-27(35)18-5-3-17(4-6-18)21-8-10-31-16-22(21)29/h3-7,9,11-15,21-22,31H,8,10,16H2,1-2H3,(H,30,36)(H,32,33,35). The van der Waals surface area contributed by atoms with Crippen LogP contribution in [0.4, 0.5) is 15.0 Å². The zero-order chi connectivity index (χ0) is 26.6. The van der Waals surface area contributed by atoms with Crippen LogP contribution < -0.4 is 25.4 Å². The summed E-state index contributed by atoms with van der Waals surface area (Å²) in [6, 6.07) is 15.3. The highest BCUT2D eigenvalue weighted by Crippen LogP contribution is 2.36. The van der Waals surface area contributed by atoms with Gasteiger partial charge in [-0.2, -0.15) is 0 Å². The van der Waals surface area contributed by atoms with Gasteiger partial charge in [0.15, 0.2) is 11.5 Å². The number of carbonyl (C=O) groups excluding carboxylic acids is 2. The number of nitrogens with one attached hydrogen (secondary N) is 3. The van der Waals surface area contributed by atoms with Gasteiger partial charge in [-0.15, -0.1) is 0 Å². The molecule has 5 rings (SSSR count). The number of amides is 2. The molecule has 3 N–H and O–H groups in total. The van der Waals surface area contributed by atoms with E-state index in [9.17, 15) is 14.0 Å². The van der Waals surface area contributed by atoms with Crippen LogP contribution in [-0.4, -0.2) is 54.9 Å². The lowest BCUT2D eigenvalue weighted by atomic mass is 9.88. The number of hydrogen-bond acceptors (Lipinski definition) is 6. The Bertz CT molecular complexity index is 1470. The number of fused-ring (bicyclic) bond motifs is 1. The van der Waals surface area contributed by atoms with Crippen LogP contribution in [0.15, 0.2) is 67.0 Å². The molecule has 9 nitrogen and oxygen atoms in total. The Morgan fingerprint density at radius 3 is 2.66 bits per heavy atom. The van der Waals surface area contributed by atoms with Gasteiger partial charge in [-0.1, -0.05) is 12.1 Å². The summed E-state index contributed by atoms with van der Waals surface area (Å²) in [4.78, 5) is 29.2. The number of methoxy groups -OCH3 is 1. The van der Waals surface area contributed by atoms with Crippen LogP contribution >= 0.6 is 0 Å². The van der Waals surface area contributed by atoms with Crippen molar-refractivity contribution in [2.45, 2.75) is 18.5 Å². The molecular weight excluding hydrogens is 489 g/mol. The van der Waals surface area contributed by atoms with E-state index in [1.165, 1.54) is 17.9 Å². The van der Waals surface area contributed by atoms with E-state index in [-0.39, 0.29) is 17.9 Å². The quantitative estimate of drug-likeness (QED) is 0.343. The number of benzene rings is 2. The van der Waals surface area contributed by atoms with Crippen molar-refractivity contribution in [1.82, 2.24) is 20.2 Å². The van der Waals surface area contributed by atoms with Crippen LogP contribution in [0.2, 0.25) is 0 Å². The van der Waals surface area contributed by atoms with E-state index in [0.717, 1.165) is 23.9 Å². The average Bonchev–Trinajstić information content (AvgIpc) is 3.35. The predicted molar refractivity (Wildman–Crippen MR) is 142 cm³/mol. The number of piperidine rings is 1. The number of alkyl halides is 1. The molecule has 2 unspecified atom stereocenters. The molecule has 2 aromatic carbocycles. The number of anilines is 1. The van der Waals surface area contributed by atoms with Crippen molar-refractivity contribution in [3.05, 3.63) is 78.1 Å². The van der Waals surface area contributed by atoms with Crippen molar-refractivity contribution < 1.29 is 23.5 Å². The number of rotatable bonds is 6. The first kappa shape index (κ1) is 25.2. The second-order valence-corrected chi connectivity index (χ2v) is 8.97. The molecule has 3 heterocycles. The maximum Gasteiger partial charge on any atom is 0.325 e. The van der Waals surface area contributed by atoms with Gasteiger partial charge in [0, 0.05) is 55.0 Å². The summed E-state index contributed by atoms with van der Waals surface area (Å²) in [5.41, 5.74) is 2.00. The van der Waals surface area contributed by atoms with Gasteiger partial charge in [0.2, 0.25) is 0 Å². The zero-order valence-corrected chi connectivity index (χ0v) is 21.0. The Morgan fingerprint density at radius 2 is 1.92 bits per heavy atom. The second-order valence-electron chi connectivity index (χ2n) is 8.97. The van der Waals surface area contributed by atoms with E-state index in [2.05, 4.69) is 20.9 Å². The number of carbonyl (C=O) groups is 2. The summed E-state index contributed by atoms with van der Waals surface area (Å²) >= 11 is 0. The molecule has 2 amide bonds. The Hall–Kier alpha value is -4.44. The van der Waals surface area contributed by atoms with E-state index < -0.39 is 6.17 Å². The van der Waals surface area contributed by atoms with Crippen molar-refractivity contribution >= 4 is 28.7 Å². The lowest BCUT2D eigenvalue weighted by Crippen LogP contribution is -2.36. The molecule has 0 spiro atoms. The van der Waals surface area contributed by atoms with Crippen LogP contribution in [0, 0.1) is 0 Å². The first-order valence-electron chi connectivity index (χ1n) is 12.3. The molecule has 2 aromatic heterocycles. The zero-order valence-electron chi connectivity index (χ0n) is 21.0. The maximum absolute atomic E-state index is 14.3. The normalized spacial score (nSPS) is 17.1. The van der Waals surface area contributed by atoms with Gasteiger partial charge in [0.05, 0.1) is 12.6 Å². The molecule has 10 heteroatoms. The Balaban J connectivity index is 1.30. The fraction of sp³-hybridized carbons (Fsp3) is 0.250. The minimum atomic E-state index is -0.939. The highest BCUT2D eigenvalue weighted by Gasteiger charge is 2.26. The third kappa shape index (κ3) is 5.16. The predicted octanol–water partition coefficient (Wildman–Crippen LogP) is 4.69. The topological polar surface area (TPSA) is 107 Å². The molecule has 0 saturated carbocycles. The summed E-state index contributed by atoms with van der Waals surface area (Å²) in [6.07, 6.45) is 2.98.